The second kappa shape index (κ2) is 7.26. The molecule has 100 valence electrons. The lowest BCUT2D eigenvalue weighted by molar-refractivity contribution is 0.0696. The van der Waals surface area contributed by atoms with E-state index < -0.39 is 5.97 Å². The molecule has 1 rings (SSSR count). The number of pyridine rings is 1. The first-order valence-corrected chi connectivity index (χ1v) is 7.42. The molecule has 0 atom stereocenters. The van der Waals surface area contributed by atoms with E-state index in [1.54, 1.807) is 12.1 Å². The summed E-state index contributed by atoms with van der Waals surface area (Å²) in [6.07, 6.45) is 3.89. The number of rotatable bonds is 7. The lowest BCUT2D eigenvalue weighted by Crippen LogP contribution is -2.21. The van der Waals surface area contributed by atoms with Gasteiger partial charge >= 0.3 is 5.97 Å². The minimum atomic E-state index is -0.897. The zero-order chi connectivity index (χ0) is 13.5. The van der Waals surface area contributed by atoms with E-state index in [2.05, 4.69) is 11.2 Å². The molecule has 5 heteroatoms. The average molecular weight is 268 g/mol. The van der Waals surface area contributed by atoms with Gasteiger partial charge in [-0.3, -0.25) is 0 Å². The van der Waals surface area contributed by atoms with E-state index in [9.17, 15) is 4.79 Å². The Morgan fingerprint density at radius 2 is 2.22 bits per heavy atom. The van der Waals surface area contributed by atoms with Crippen LogP contribution in [-0.4, -0.2) is 41.7 Å². The summed E-state index contributed by atoms with van der Waals surface area (Å²) >= 11 is 1.81. The van der Waals surface area contributed by atoms with Crippen LogP contribution < -0.4 is 4.90 Å². The van der Waals surface area contributed by atoms with Crippen molar-refractivity contribution < 1.29 is 9.90 Å². The maximum atomic E-state index is 11.1. The lowest BCUT2D eigenvalue weighted by atomic mass is 10.2. The van der Waals surface area contributed by atoms with Crippen LogP contribution in [0.4, 0.5) is 5.82 Å². The van der Waals surface area contributed by atoms with Crippen LogP contribution in [0.1, 0.15) is 29.4 Å². The molecular formula is C13H20N2O2S. The van der Waals surface area contributed by atoms with Crippen LogP contribution in [0, 0.1) is 0 Å². The van der Waals surface area contributed by atoms with E-state index in [1.165, 1.54) is 0 Å². The van der Waals surface area contributed by atoms with Crippen molar-refractivity contribution in [3.8, 4) is 0 Å². The third kappa shape index (κ3) is 4.22. The summed E-state index contributed by atoms with van der Waals surface area (Å²) < 4.78 is 0. The van der Waals surface area contributed by atoms with E-state index in [-0.39, 0.29) is 0 Å². The monoisotopic (exact) mass is 268 g/mol. The van der Waals surface area contributed by atoms with Crippen LogP contribution >= 0.6 is 11.8 Å². The van der Waals surface area contributed by atoms with Gasteiger partial charge in [-0.1, -0.05) is 6.92 Å². The molecule has 1 N–H and O–H groups in total. The minimum Gasteiger partial charge on any atom is -0.478 e. The topological polar surface area (TPSA) is 53.4 Å². The van der Waals surface area contributed by atoms with Gasteiger partial charge in [0.25, 0.3) is 0 Å². The van der Waals surface area contributed by atoms with Crippen molar-refractivity contribution >= 4 is 23.5 Å². The highest BCUT2D eigenvalue weighted by Gasteiger charge is 2.10. The van der Waals surface area contributed by atoms with Crippen molar-refractivity contribution in [3.05, 3.63) is 23.4 Å². The highest BCUT2D eigenvalue weighted by molar-refractivity contribution is 7.98. The fourth-order valence-corrected chi connectivity index (χ4v) is 2.05. The summed E-state index contributed by atoms with van der Waals surface area (Å²) in [5, 5.41) is 9.08. The summed E-state index contributed by atoms with van der Waals surface area (Å²) in [4.78, 5) is 17.5. The molecule has 0 spiro atoms. The highest BCUT2D eigenvalue weighted by Crippen LogP contribution is 2.15. The Kier molecular flexibility index (Phi) is 5.98. The zero-order valence-corrected chi connectivity index (χ0v) is 12.0. The van der Waals surface area contributed by atoms with Gasteiger partial charge in [-0.05, 0) is 37.0 Å². The molecule has 0 aliphatic rings. The Hall–Kier alpha value is -1.23. The predicted octanol–water partition coefficient (Wildman–Crippen LogP) is 2.53. The Balaban J connectivity index is 2.86. The van der Waals surface area contributed by atoms with Gasteiger partial charge in [0.1, 0.15) is 5.82 Å². The predicted molar refractivity (Wildman–Crippen MR) is 76.8 cm³/mol. The summed E-state index contributed by atoms with van der Waals surface area (Å²) in [6, 6.07) is 3.28. The quantitative estimate of drug-likeness (QED) is 0.770. The van der Waals surface area contributed by atoms with Crippen molar-refractivity contribution in [3.63, 3.8) is 0 Å². The van der Waals surface area contributed by atoms with Gasteiger partial charge in [0.15, 0.2) is 0 Å². The molecule has 0 aliphatic heterocycles. The first-order chi connectivity index (χ1) is 8.58. The highest BCUT2D eigenvalue weighted by atomic mass is 32.2. The summed E-state index contributed by atoms with van der Waals surface area (Å²) in [6.45, 7) is 2.87. The van der Waals surface area contributed by atoms with Crippen molar-refractivity contribution in [2.45, 2.75) is 19.8 Å². The van der Waals surface area contributed by atoms with Crippen LogP contribution in [0.2, 0.25) is 0 Å². The largest absolute Gasteiger partial charge is 0.478 e. The minimum absolute atomic E-state index is 0.313. The number of hydrogen-bond acceptors (Lipinski definition) is 4. The first kappa shape index (κ1) is 14.8. The smallest absolute Gasteiger partial charge is 0.335 e. The number of aryl methyl sites for hydroxylation is 1. The van der Waals surface area contributed by atoms with E-state index in [4.69, 9.17) is 5.11 Å². The normalized spacial score (nSPS) is 10.4. The molecule has 0 saturated heterocycles. The molecule has 18 heavy (non-hydrogen) atoms. The molecule has 0 aliphatic carbocycles. The molecule has 1 aromatic heterocycles. The molecule has 4 nitrogen and oxygen atoms in total. The number of carbonyl (C=O) groups is 1. The number of aromatic carboxylic acids is 1. The molecule has 0 radical (unpaired) electrons. The van der Waals surface area contributed by atoms with Crippen molar-refractivity contribution in [1.29, 1.82) is 0 Å². The van der Waals surface area contributed by atoms with Gasteiger partial charge in [0, 0.05) is 19.3 Å². The number of hydrogen-bond donors (Lipinski definition) is 1. The van der Waals surface area contributed by atoms with Crippen LogP contribution in [0.3, 0.4) is 0 Å². The second-order valence-corrected chi connectivity index (χ2v) is 5.12. The van der Waals surface area contributed by atoms with Gasteiger partial charge in [0.05, 0.1) is 5.56 Å². The summed E-state index contributed by atoms with van der Waals surface area (Å²) in [5.74, 6) is 0.947. The van der Waals surface area contributed by atoms with E-state index in [1.807, 2.05) is 30.6 Å². The Bertz CT molecular complexity index is 410. The summed E-state index contributed by atoms with van der Waals surface area (Å²) in [7, 11) is 1.95. The molecule has 0 unspecified atom stereocenters. The van der Waals surface area contributed by atoms with E-state index in [0.29, 0.717) is 5.56 Å². The molecule has 1 aromatic rings. The molecule has 0 amide bonds. The Morgan fingerprint density at radius 1 is 1.50 bits per heavy atom. The number of carboxylic acids is 1. The van der Waals surface area contributed by atoms with Gasteiger partial charge in [0.2, 0.25) is 0 Å². The van der Waals surface area contributed by atoms with Crippen LogP contribution in [0.25, 0.3) is 0 Å². The Morgan fingerprint density at radius 3 is 2.78 bits per heavy atom. The second-order valence-electron chi connectivity index (χ2n) is 4.13. The van der Waals surface area contributed by atoms with E-state index in [0.717, 1.165) is 36.7 Å². The van der Waals surface area contributed by atoms with Crippen molar-refractivity contribution in [2.24, 2.45) is 0 Å². The van der Waals surface area contributed by atoms with Gasteiger partial charge in [-0.25, -0.2) is 9.78 Å². The van der Waals surface area contributed by atoms with Crippen LogP contribution in [0.15, 0.2) is 12.1 Å². The van der Waals surface area contributed by atoms with Gasteiger partial charge < -0.3 is 10.0 Å². The number of aromatic nitrogens is 1. The SMILES string of the molecule is CCc1cc(C(=O)O)cc(N(C)CCCSC)n1. The number of nitrogens with zero attached hydrogens (tertiary/aromatic N) is 2. The third-order valence-corrected chi connectivity index (χ3v) is 3.40. The van der Waals surface area contributed by atoms with Gasteiger partial charge in [-0.2, -0.15) is 11.8 Å². The third-order valence-electron chi connectivity index (χ3n) is 2.71. The molecular weight excluding hydrogens is 248 g/mol. The van der Waals surface area contributed by atoms with Gasteiger partial charge in [-0.15, -0.1) is 0 Å². The molecule has 0 bridgehead atoms. The molecule has 1 heterocycles. The maximum Gasteiger partial charge on any atom is 0.335 e. The van der Waals surface area contributed by atoms with Crippen molar-refractivity contribution in [2.75, 3.05) is 30.5 Å². The average Bonchev–Trinajstić information content (AvgIpc) is 2.38. The fourth-order valence-electron chi connectivity index (χ4n) is 1.63. The molecule has 0 aromatic carbocycles. The zero-order valence-electron chi connectivity index (χ0n) is 11.1. The van der Waals surface area contributed by atoms with E-state index >= 15 is 0 Å². The standard InChI is InChI=1S/C13H20N2O2S/c1-4-11-8-10(13(16)17)9-12(14-11)15(2)6-5-7-18-3/h8-9H,4-7H2,1-3H3,(H,16,17). The molecule has 0 saturated carbocycles. The molecule has 0 fully saturated rings. The van der Waals surface area contributed by atoms with Crippen LogP contribution in [-0.2, 0) is 6.42 Å². The maximum absolute atomic E-state index is 11.1. The lowest BCUT2D eigenvalue weighted by Gasteiger charge is -2.19. The van der Waals surface area contributed by atoms with Crippen molar-refractivity contribution in [1.82, 2.24) is 4.98 Å². The fraction of sp³-hybridized carbons (Fsp3) is 0.538. The van der Waals surface area contributed by atoms with Crippen LogP contribution in [0.5, 0.6) is 0 Å². The number of thioether (sulfide) groups is 1. The first-order valence-electron chi connectivity index (χ1n) is 6.02. The summed E-state index contributed by atoms with van der Waals surface area (Å²) in [5.41, 5.74) is 1.13. The Labute approximate surface area is 112 Å². The number of anilines is 1. The number of carboxylic acid groups (broad SMARTS) is 1.